The van der Waals surface area contributed by atoms with E-state index in [-0.39, 0.29) is 0 Å². The molecule has 94 valence electrons. The van der Waals surface area contributed by atoms with Gasteiger partial charge in [0.15, 0.2) is 5.82 Å². The number of allylic oxidation sites excluding steroid dienone is 4. The molecule has 0 atom stereocenters. The maximum atomic E-state index is 5.85. The van der Waals surface area contributed by atoms with Gasteiger partial charge in [0.05, 0.1) is 5.69 Å². The third kappa shape index (κ3) is 2.96. The molecule has 0 aliphatic carbocycles. The zero-order valence-electron chi connectivity index (χ0n) is 10.6. The Bertz CT molecular complexity index is 628. The van der Waals surface area contributed by atoms with E-state index in [2.05, 4.69) is 23.1 Å². The van der Waals surface area contributed by atoms with Crippen molar-refractivity contribution < 1.29 is 0 Å². The van der Waals surface area contributed by atoms with Gasteiger partial charge in [-0.2, -0.15) is 0 Å². The maximum Gasteiger partial charge on any atom is 0.162 e. The maximum absolute atomic E-state index is 5.85. The normalized spacial score (nSPS) is 11.1. The molecule has 3 heteroatoms. The molecule has 2 rings (SSSR count). The first-order chi connectivity index (χ1) is 9.24. The lowest BCUT2D eigenvalue weighted by atomic mass is 10.1. The highest BCUT2D eigenvalue weighted by molar-refractivity contribution is 5.73. The SMILES string of the molecule is C=C/C=C(\C=C)c1nc(N)cc(-c2ccccc2)n1. The van der Waals surface area contributed by atoms with Crippen LogP contribution in [-0.2, 0) is 0 Å². The van der Waals surface area contributed by atoms with E-state index >= 15 is 0 Å². The molecule has 1 aromatic heterocycles. The molecule has 1 heterocycles. The molecular formula is C16H15N3. The number of nitrogens with zero attached hydrogens (tertiary/aromatic N) is 2. The van der Waals surface area contributed by atoms with Crippen molar-refractivity contribution in [3.05, 3.63) is 73.6 Å². The summed E-state index contributed by atoms with van der Waals surface area (Å²) >= 11 is 0. The van der Waals surface area contributed by atoms with Gasteiger partial charge in [-0.05, 0) is 0 Å². The van der Waals surface area contributed by atoms with E-state index in [4.69, 9.17) is 5.73 Å². The Morgan fingerprint density at radius 3 is 2.47 bits per heavy atom. The van der Waals surface area contributed by atoms with Gasteiger partial charge < -0.3 is 5.73 Å². The number of hydrogen-bond acceptors (Lipinski definition) is 3. The van der Waals surface area contributed by atoms with Crippen LogP contribution in [0.1, 0.15) is 5.82 Å². The molecule has 0 fully saturated rings. The molecule has 2 aromatic rings. The third-order valence-electron chi connectivity index (χ3n) is 2.59. The van der Waals surface area contributed by atoms with Crippen molar-refractivity contribution in [3.8, 4) is 11.3 Å². The van der Waals surface area contributed by atoms with Crippen molar-refractivity contribution in [1.29, 1.82) is 0 Å². The fraction of sp³-hybridized carbons (Fsp3) is 0. The molecule has 0 aliphatic heterocycles. The molecular weight excluding hydrogens is 234 g/mol. The van der Waals surface area contributed by atoms with Crippen molar-refractivity contribution in [3.63, 3.8) is 0 Å². The lowest BCUT2D eigenvalue weighted by Gasteiger charge is -2.06. The molecule has 3 nitrogen and oxygen atoms in total. The van der Waals surface area contributed by atoms with Gasteiger partial charge in [-0.1, -0.05) is 61.7 Å². The van der Waals surface area contributed by atoms with Crippen LogP contribution in [0.15, 0.2) is 67.8 Å². The second-order valence-corrected chi connectivity index (χ2v) is 3.93. The number of rotatable bonds is 4. The first-order valence-corrected chi connectivity index (χ1v) is 5.90. The van der Waals surface area contributed by atoms with Crippen molar-refractivity contribution in [2.75, 3.05) is 5.73 Å². The molecule has 0 unspecified atom stereocenters. The second kappa shape index (κ2) is 5.78. The topological polar surface area (TPSA) is 51.8 Å². The molecule has 1 aromatic carbocycles. The Hall–Kier alpha value is -2.68. The van der Waals surface area contributed by atoms with E-state index in [0.29, 0.717) is 11.6 Å². The van der Waals surface area contributed by atoms with Crippen molar-refractivity contribution in [2.24, 2.45) is 0 Å². The molecule has 0 bridgehead atoms. The van der Waals surface area contributed by atoms with E-state index < -0.39 is 0 Å². The molecule has 2 N–H and O–H groups in total. The highest BCUT2D eigenvalue weighted by atomic mass is 14.9. The highest BCUT2D eigenvalue weighted by Gasteiger charge is 2.06. The number of anilines is 1. The Kier molecular flexibility index (Phi) is 3.88. The van der Waals surface area contributed by atoms with Crippen LogP contribution >= 0.6 is 0 Å². The largest absolute Gasteiger partial charge is 0.384 e. The Morgan fingerprint density at radius 2 is 1.84 bits per heavy atom. The lowest BCUT2D eigenvalue weighted by molar-refractivity contribution is 1.14. The molecule has 0 amide bonds. The van der Waals surface area contributed by atoms with Crippen molar-refractivity contribution >= 4 is 11.4 Å². The quantitative estimate of drug-likeness (QED) is 0.844. The Balaban J connectivity index is 2.55. The van der Waals surface area contributed by atoms with Gasteiger partial charge in [-0.3, -0.25) is 0 Å². The number of nitrogens with two attached hydrogens (primary N) is 1. The predicted molar refractivity (Wildman–Crippen MR) is 80.3 cm³/mol. The van der Waals surface area contributed by atoms with Crippen LogP contribution in [0.25, 0.3) is 16.8 Å². The summed E-state index contributed by atoms with van der Waals surface area (Å²) in [7, 11) is 0. The molecule has 0 saturated carbocycles. The summed E-state index contributed by atoms with van der Waals surface area (Å²) in [6, 6.07) is 11.6. The van der Waals surface area contributed by atoms with Crippen LogP contribution in [-0.4, -0.2) is 9.97 Å². The van der Waals surface area contributed by atoms with E-state index in [0.717, 1.165) is 16.8 Å². The van der Waals surface area contributed by atoms with E-state index in [1.165, 1.54) is 0 Å². The van der Waals surface area contributed by atoms with Gasteiger partial charge in [0, 0.05) is 17.2 Å². The van der Waals surface area contributed by atoms with Crippen molar-refractivity contribution in [1.82, 2.24) is 9.97 Å². The summed E-state index contributed by atoms with van der Waals surface area (Å²) in [5.74, 6) is 0.981. The Morgan fingerprint density at radius 1 is 1.11 bits per heavy atom. The first-order valence-electron chi connectivity index (χ1n) is 5.90. The van der Waals surface area contributed by atoms with Crippen LogP contribution < -0.4 is 5.73 Å². The summed E-state index contributed by atoms with van der Waals surface area (Å²) in [6.45, 7) is 7.42. The molecule has 0 spiro atoms. The summed E-state index contributed by atoms with van der Waals surface area (Å²) < 4.78 is 0. The zero-order valence-corrected chi connectivity index (χ0v) is 10.6. The molecule has 0 aliphatic rings. The summed E-state index contributed by atoms with van der Waals surface area (Å²) in [5, 5.41) is 0. The van der Waals surface area contributed by atoms with E-state index in [1.807, 2.05) is 30.3 Å². The van der Waals surface area contributed by atoms with Gasteiger partial charge in [-0.15, -0.1) is 0 Å². The minimum absolute atomic E-state index is 0.431. The summed E-state index contributed by atoms with van der Waals surface area (Å²) in [4.78, 5) is 8.74. The van der Waals surface area contributed by atoms with Crippen molar-refractivity contribution in [2.45, 2.75) is 0 Å². The van der Waals surface area contributed by atoms with Crippen LogP contribution in [0.3, 0.4) is 0 Å². The third-order valence-corrected chi connectivity index (χ3v) is 2.59. The van der Waals surface area contributed by atoms with Gasteiger partial charge >= 0.3 is 0 Å². The smallest absolute Gasteiger partial charge is 0.162 e. The van der Waals surface area contributed by atoms with Crippen LogP contribution in [0.2, 0.25) is 0 Å². The molecule has 0 saturated heterocycles. The van der Waals surface area contributed by atoms with Gasteiger partial charge in [-0.25, -0.2) is 9.97 Å². The van der Waals surface area contributed by atoms with Crippen LogP contribution in [0.4, 0.5) is 5.82 Å². The number of aromatic nitrogens is 2. The van der Waals surface area contributed by atoms with Crippen LogP contribution in [0.5, 0.6) is 0 Å². The predicted octanol–water partition coefficient (Wildman–Crippen LogP) is 3.48. The zero-order chi connectivity index (χ0) is 13.7. The first kappa shape index (κ1) is 12.8. The standard InChI is InChI=1S/C16H15N3/c1-3-8-12(4-2)16-18-14(11-15(17)19-16)13-9-6-5-7-10-13/h3-11H,1-2H2,(H2,17,18,19)/b12-8+. The van der Waals surface area contributed by atoms with Gasteiger partial charge in [0.25, 0.3) is 0 Å². The number of nitrogen functional groups attached to an aromatic ring is 1. The summed E-state index contributed by atoms with van der Waals surface area (Å²) in [5.41, 5.74) is 8.43. The average Bonchev–Trinajstić information content (AvgIpc) is 2.45. The molecule has 19 heavy (non-hydrogen) atoms. The van der Waals surface area contributed by atoms with Gasteiger partial charge in [0.1, 0.15) is 5.82 Å². The minimum atomic E-state index is 0.431. The highest BCUT2D eigenvalue weighted by Crippen LogP contribution is 2.21. The fourth-order valence-electron chi connectivity index (χ4n) is 1.71. The minimum Gasteiger partial charge on any atom is -0.384 e. The number of hydrogen-bond donors (Lipinski definition) is 1. The molecule has 0 radical (unpaired) electrons. The summed E-state index contributed by atoms with van der Waals surface area (Å²) in [6.07, 6.45) is 5.16. The average molecular weight is 249 g/mol. The second-order valence-electron chi connectivity index (χ2n) is 3.93. The number of benzene rings is 1. The Labute approximate surface area is 112 Å². The fourth-order valence-corrected chi connectivity index (χ4v) is 1.71. The lowest BCUT2D eigenvalue weighted by Crippen LogP contribution is -2.00. The van der Waals surface area contributed by atoms with Gasteiger partial charge in [0.2, 0.25) is 0 Å². The van der Waals surface area contributed by atoms with E-state index in [1.54, 1.807) is 24.3 Å². The van der Waals surface area contributed by atoms with E-state index in [9.17, 15) is 0 Å². The van der Waals surface area contributed by atoms with Crippen LogP contribution in [0, 0.1) is 0 Å². The monoisotopic (exact) mass is 249 g/mol.